The van der Waals surface area contributed by atoms with Gasteiger partial charge in [0.25, 0.3) is 0 Å². The Bertz CT molecular complexity index is 674. The van der Waals surface area contributed by atoms with Crippen LogP contribution >= 0.6 is 15.9 Å². The predicted molar refractivity (Wildman–Crippen MR) is 80.4 cm³/mol. The monoisotopic (exact) mass is 353 g/mol. The van der Waals surface area contributed by atoms with E-state index < -0.39 is 4.92 Å². The number of rotatable bonds is 5. The van der Waals surface area contributed by atoms with E-state index in [1.807, 2.05) is 6.07 Å². The first kappa shape index (κ1) is 15.1. The lowest BCUT2D eigenvalue weighted by atomic mass is 10.2. The van der Waals surface area contributed by atoms with Crippen molar-refractivity contribution in [2.75, 3.05) is 14.2 Å². The second kappa shape index (κ2) is 6.45. The zero-order chi connectivity index (χ0) is 15.4. The molecule has 2 rings (SSSR count). The molecular weight excluding hydrogens is 342 g/mol. The van der Waals surface area contributed by atoms with Crippen LogP contribution in [0.2, 0.25) is 0 Å². The van der Waals surface area contributed by atoms with Crippen molar-refractivity contribution in [2.24, 2.45) is 0 Å². The summed E-state index contributed by atoms with van der Waals surface area (Å²) in [5, 5.41) is 11.2. The molecule has 0 spiro atoms. The predicted octanol–water partition coefficient (Wildman–Crippen LogP) is 4.17. The van der Waals surface area contributed by atoms with Crippen LogP contribution in [0.5, 0.6) is 23.0 Å². The largest absolute Gasteiger partial charge is 0.493 e. The number of nitrogens with zero attached hydrogens (tertiary/aromatic N) is 1. The molecule has 0 radical (unpaired) electrons. The van der Waals surface area contributed by atoms with Gasteiger partial charge in [-0.3, -0.25) is 10.1 Å². The maximum Gasteiger partial charge on any atom is 0.315 e. The molecule has 0 aromatic heterocycles. The average molecular weight is 354 g/mol. The van der Waals surface area contributed by atoms with Gasteiger partial charge < -0.3 is 14.2 Å². The fraction of sp³-hybridized carbons (Fsp3) is 0.143. The third-order valence-electron chi connectivity index (χ3n) is 2.72. The van der Waals surface area contributed by atoms with E-state index in [4.69, 9.17) is 14.2 Å². The van der Waals surface area contributed by atoms with Crippen molar-refractivity contribution >= 4 is 21.6 Å². The molecule has 21 heavy (non-hydrogen) atoms. The van der Waals surface area contributed by atoms with Crippen LogP contribution in [0, 0.1) is 10.1 Å². The smallest absolute Gasteiger partial charge is 0.315 e. The van der Waals surface area contributed by atoms with Gasteiger partial charge in [0.15, 0.2) is 11.5 Å². The van der Waals surface area contributed by atoms with E-state index in [0.717, 1.165) is 0 Å². The van der Waals surface area contributed by atoms with Crippen molar-refractivity contribution in [3.8, 4) is 23.0 Å². The second-order valence-corrected chi connectivity index (χ2v) is 4.82. The van der Waals surface area contributed by atoms with Gasteiger partial charge in [-0.1, -0.05) is 12.1 Å². The Morgan fingerprint density at radius 1 is 1.00 bits per heavy atom. The normalized spacial score (nSPS) is 10.0. The molecule has 0 aliphatic heterocycles. The highest BCUT2D eigenvalue weighted by Gasteiger charge is 2.22. The Balaban J connectivity index is 2.51. The van der Waals surface area contributed by atoms with Gasteiger partial charge in [0, 0.05) is 6.07 Å². The van der Waals surface area contributed by atoms with Crippen molar-refractivity contribution in [3.05, 3.63) is 51.0 Å². The van der Waals surface area contributed by atoms with Crippen LogP contribution in [0.15, 0.2) is 40.9 Å². The lowest BCUT2D eigenvalue weighted by Crippen LogP contribution is -1.97. The molecule has 0 amide bonds. The first-order valence-corrected chi connectivity index (χ1v) is 6.69. The van der Waals surface area contributed by atoms with Gasteiger partial charge in [-0.15, -0.1) is 0 Å². The number of nitro benzene ring substituents is 1. The van der Waals surface area contributed by atoms with Gasteiger partial charge in [-0.25, -0.2) is 0 Å². The van der Waals surface area contributed by atoms with Crippen molar-refractivity contribution in [2.45, 2.75) is 0 Å². The summed E-state index contributed by atoms with van der Waals surface area (Å²) in [6.07, 6.45) is 0. The van der Waals surface area contributed by atoms with Crippen molar-refractivity contribution < 1.29 is 19.1 Å². The first-order valence-electron chi connectivity index (χ1n) is 5.89. The summed E-state index contributed by atoms with van der Waals surface area (Å²) in [5.74, 6) is 1.16. The van der Waals surface area contributed by atoms with Gasteiger partial charge in [-0.05, 0) is 28.1 Å². The summed E-state index contributed by atoms with van der Waals surface area (Å²) in [5.41, 5.74) is -0.205. The summed E-state index contributed by atoms with van der Waals surface area (Å²) in [6.45, 7) is 0. The van der Waals surface area contributed by atoms with Crippen LogP contribution in [-0.4, -0.2) is 19.1 Å². The Labute approximate surface area is 129 Å². The number of nitro groups is 1. The van der Waals surface area contributed by atoms with Crippen LogP contribution in [-0.2, 0) is 0 Å². The summed E-state index contributed by atoms with van der Waals surface area (Å²) in [6, 6.07) is 9.76. The molecule has 0 aliphatic carbocycles. The molecule has 7 heteroatoms. The highest BCUT2D eigenvalue weighted by molar-refractivity contribution is 9.10. The zero-order valence-corrected chi connectivity index (χ0v) is 12.9. The zero-order valence-electron chi connectivity index (χ0n) is 11.3. The SMILES string of the molecule is COc1cc(Oc2ccccc2Br)c([N+](=O)[O-])cc1OC. The van der Waals surface area contributed by atoms with Gasteiger partial charge >= 0.3 is 5.69 Å². The lowest BCUT2D eigenvalue weighted by Gasteiger charge is -2.12. The van der Waals surface area contributed by atoms with Crippen LogP contribution in [0.3, 0.4) is 0 Å². The summed E-state index contributed by atoms with van der Waals surface area (Å²) >= 11 is 3.33. The third kappa shape index (κ3) is 3.25. The molecule has 110 valence electrons. The van der Waals surface area contributed by atoms with Crippen LogP contribution in [0.1, 0.15) is 0 Å². The maximum atomic E-state index is 11.2. The van der Waals surface area contributed by atoms with Crippen molar-refractivity contribution in [3.63, 3.8) is 0 Å². The standard InChI is InChI=1S/C14H12BrNO5/c1-19-13-7-10(16(17)18)12(8-14(13)20-2)21-11-6-4-3-5-9(11)15/h3-8H,1-2H3. The van der Waals surface area contributed by atoms with Crippen LogP contribution in [0.25, 0.3) is 0 Å². The van der Waals surface area contributed by atoms with E-state index in [9.17, 15) is 10.1 Å². The minimum Gasteiger partial charge on any atom is -0.493 e. The fourth-order valence-corrected chi connectivity index (χ4v) is 2.09. The van der Waals surface area contributed by atoms with Gasteiger partial charge in [0.05, 0.1) is 29.7 Å². The highest BCUT2D eigenvalue weighted by atomic mass is 79.9. The number of benzene rings is 2. The molecular formula is C14H12BrNO5. The Hall–Kier alpha value is -2.28. The van der Waals surface area contributed by atoms with Crippen LogP contribution in [0.4, 0.5) is 5.69 Å². The third-order valence-corrected chi connectivity index (χ3v) is 3.37. The number of methoxy groups -OCH3 is 2. The molecule has 6 nitrogen and oxygen atoms in total. The van der Waals surface area contributed by atoms with Gasteiger partial charge in [0.2, 0.25) is 5.75 Å². The fourth-order valence-electron chi connectivity index (χ4n) is 1.72. The van der Waals surface area contributed by atoms with Crippen molar-refractivity contribution in [1.82, 2.24) is 0 Å². The Morgan fingerprint density at radius 2 is 1.62 bits per heavy atom. The number of para-hydroxylation sites is 1. The molecule has 0 saturated heterocycles. The maximum absolute atomic E-state index is 11.2. The van der Waals surface area contributed by atoms with Crippen molar-refractivity contribution in [1.29, 1.82) is 0 Å². The topological polar surface area (TPSA) is 70.8 Å². The first-order chi connectivity index (χ1) is 10.1. The quantitative estimate of drug-likeness (QED) is 0.595. The molecule has 0 fully saturated rings. The van der Waals surface area contributed by atoms with Crippen LogP contribution < -0.4 is 14.2 Å². The lowest BCUT2D eigenvalue weighted by molar-refractivity contribution is -0.385. The van der Waals surface area contributed by atoms with Gasteiger partial charge in [0.1, 0.15) is 5.75 Å². The van der Waals surface area contributed by atoms with Gasteiger partial charge in [-0.2, -0.15) is 0 Å². The minimum atomic E-state index is -0.534. The molecule has 0 atom stereocenters. The molecule has 0 bridgehead atoms. The second-order valence-electron chi connectivity index (χ2n) is 3.96. The molecule has 0 unspecified atom stereocenters. The Kier molecular flexibility index (Phi) is 4.64. The molecule has 2 aromatic rings. The highest BCUT2D eigenvalue weighted by Crippen LogP contribution is 2.42. The van der Waals surface area contributed by atoms with E-state index in [1.54, 1.807) is 18.2 Å². The number of ether oxygens (including phenoxy) is 3. The van der Waals surface area contributed by atoms with E-state index >= 15 is 0 Å². The van der Waals surface area contributed by atoms with E-state index in [1.165, 1.54) is 26.4 Å². The van der Waals surface area contributed by atoms with E-state index in [2.05, 4.69) is 15.9 Å². The molecule has 0 aliphatic rings. The van der Waals surface area contributed by atoms with E-state index in [-0.39, 0.29) is 17.2 Å². The molecule has 2 aromatic carbocycles. The average Bonchev–Trinajstić information content (AvgIpc) is 2.48. The summed E-state index contributed by atoms with van der Waals surface area (Å²) in [4.78, 5) is 10.6. The number of hydrogen-bond donors (Lipinski definition) is 0. The molecule has 0 heterocycles. The molecule has 0 saturated carbocycles. The number of hydrogen-bond acceptors (Lipinski definition) is 5. The molecule has 0 N–H and O–H groups in total. The summed E-state index contributed by atoms with van der Waals surface area (Å²) < 4.78 is 16.5. The number of halogens is 1. The minimum absolute atomic E-state index is 0.0737. The summed E-state index contributed by atoms with van der Waals surface area (Å²) in [7, 11) is 2.86. The van der Waals surface area contributed by atoms with E-state index in [0.29, 0.717) is 16.0 Å². The Morgan fingerprint density at radius 3 is 2.19 bits per heavy atom.